The van der Waals surface area contributed by atoms with Crippen molar-refractivity contribution in [1.29, 1.82) is 0 Å². The summed E-state index contributed by atoms with van der Waals surface area (Å²) in [5.74, 6) is 0.340. The number of alkyl halides is 2. The normalized spacial score (nSPS) is 11.0. The lowest BCUT2D eigenvalue weighted by molar-refractivity contribution is 0.143. The Morgan fingerprint density at radius 1 is 1.44 bits per heavy atom. The number of nitrogen functional groups attached to an aromatic ring is 1. The van der Waals surface area contributed by atoms with E-state index >= 15 is 0 Å². The quantitative estimate of drug-likeness (QED) is 0.849. The van der Waals surface area contributed by atoms with Gasteiger partial charge in [-0.05, 0) is 24.6 Å². The highest BCUT2D eigenvalue weighted by atomic mass is 19.3. The second kappa shape index (κ2) is 3.88. The number of aryl methyl sites for hydroxylation is 1. The summed E-state index contributed by atoms with van der Waals surface area (Å²) in [5.41, 5.74) is 5.99. The second-order valence-corrected chi connectivity index (χ2v) is 3.39. The minimum Gasteiger partial charge on any atom is -0.396 e. The van der Waals surface area contributed by atoms with Crippen molar-refractivity contribution in [1.82, 2.24) is 14.8 Å². The summed E-state index contributed by atoms with van der Waals surface area (Å²) in [6.45, 7) is 1.85. The fourth-order valence-corrected chi connectivity index (χ4v) is 1.41. The SMILES string of the molecule is Cc1ccnc(-n2ncc(N)c2C(F)F)c1. The van der Waals surface area contributed by atoms with E-state index in [1.807, 2.05) is 6.92 Å². The maximum absolute atomic E-state index is 12.7. The molecule has 0 saturated carbocycles. The van der Waals surface area contributed by atoms with E-state index in [0.29, 0.717) is 5.82 Å². The van der Waals surface area contributed by atoms with Gasteiger partial charge >= 0.3 is 0 Å². The Balaban J connectivity index is 2.56. The third-order valence-corrected chi connectivity index (χ3v) is 2.16. The third-order valence-electron chi connectivity index (χ3n) is 2.16. The zero-order valence-corrected chi connectivity index (χ0v) is 8.56. The number of anilines is 1. The fourth-order valence-electron chi connectivity index (χ4n) is 1.41. The van der Waals surface area contributed by atoms with Crippen molar-refractivity contribution in [3.05, 3.63) is 35.8 Å². The van der Waals surface area contributed by atoms with E-state index in [0.717, 1.165) is 10.2 Å². The molecule has 0 aliphatic rings. The van der Waals surface area contributed by atoms with Gasteiger partial charge in [0.05, 0.1) is 11.9 Å². The van der Waals surface area contributed by atoms with Gasteiger partial charge in [0.2, 0.25) is 0 Å². The molecule has 16 heavy (non-hydrogen) atoms. The van der Waals surface area contributed by atoms with E-state index < -0.39 is 6.43 Å². The summed E-state index contributed by atoms with van der Waals surface area (Å²) in [6, 6.07) is 3.44. The molecule has 2 aromatic rings. The second-order valence-electron chi connectivity index (χ2n) is 3.39. The Bertz CT molecular complexity index is 507. The van der Waals surface area contributed by atoms with Gasteiger partial charge in [0.25, 0.3) is 6.43 Å². The molecular formula is C10H10F2N4. The van der Waals surface area contributed by atoms with E-state index in [1.54, 1.807) is 12.1 Å². The van der Waals surface area contributed by atoms with E-state index in [2.05, 4.69) is 10.1 Å². The number of rotatable bonds is 2. The molecule has 0 amide bonds. The molecule has 0 fully saturated rings. The zero-order chi connectivity index (χ0) is 11.7. The van der Waals surface area contributed by atoms with Crippen LogP contribution in [0.2, 0.25) is 0 Å². The number of nitrogens with two attached hydrogens (primary N) is 1. The van der Waals surface area contributed by atoms with Gasteiger partial charge in [-0.2, -0.15) is 5.10 Å². The summed E-state index contributed by atoms with van der Waals surface area (Å²) < 4.78 is 26.5. The Kier molecular flexibility index (Phi) is 2.55. The highest BCUT2D eigenvalue weighted by Gasteiger charge is 2.19. The molecule has 6 heteroatoms. The molecule has 4 nitrogen and oxygen atoms in total. The van der Waals surface area contributed by atoms with Crippen LogP contribution in [0.1, 0.15) is 17.7 Å². The van der Waals surface area contributed by atoms with Crippen molar-refractivity contribution in [3.63, 3.8) is 0 Å². The van der Waals surface area contributed by atoms with Crippen LogP contribution in [0.4, 0.5) is 14.5 Å². The lowest BCUT2D eigenvalue weighted by atomic mass is 10.3. The van der Waals surface area contributed by atoms with Crippen LogP contribution in [0.15, 0.2) is 24.5 Å². The van der Waals surface area contributed by atoms with Crippen LogP contribution in [0, 0.1) is 6.92 Å². The molecule has 2 rings (SSSR count). The molecular weight excluding hydrogens is 214 g/mol. The lowest BCUT2D eigenvalue weighted by Crippen LogP contribution is -2.06. The maximum atomic E-state index is 12.7. The van der Waals surface area contributed by atoms with Crippen molar-refractivity contribution in [2.45, 2.75) is 13.3 Å². The van der Waals surface area contributed by atoms with Crippen molar-refractivity contribution in [3.8, 4) is 5.82 Å². The van der Waals surface area contributed by atoms with Crippen LogP contribution in [0.25, 0.3) is 5.82 Å². The minimum absolute atomic E-state index is 0.0293. The molecule has 0 aromatic carbocycles. The molecule has 0 radical (unpaired) electrons. The van der Waals surface area contributed by atoms with Crippen LogP contribution in [-0.2, 0) is 0 Å². The number of halogens is 2. The van der Waals surface area contributed by atoms with Gasteiger partial charge in [-0.15, -0.1) is 0 Å². The summed E-state index contributed by atoms with van der Waals surface area (Å²) in [7, 11) is 0. The van der Waals surface area contributed by atoms with Gasteiger partial charge in [0.15, 0.2) is 5.82 Å². The molecule has 0 unspecified atom stereocenters. The molecule has 0 aliphatic heterocycles. The molecule has 2 heterocycles. The Morgan fingerprint density at radius 3 is 2.81 bits per heavy atom. The summed E-state index contributed by atoms with van der Waals surface area (Å²) in [5, 5.41) is 3.80. The van der Waals surface area contributed by atoms with Crippen molar-refractivity contribution < 1.29 is 8.78 Å². The first kappa shape index (κ1) is 10.5. The molecule has 84 valence electrons. The highest BCUT2D eigenvalue weighted by molar-refractivity contribution is 5.45. The number of hydrogen-bond acceptors (Lipinski definition) is 3. The first-order valence-electron chi connectivity index (χ1n) is 4.64. The highest BCUT2D eigenvalue weighted by Crippen LogP contribution is 2.26. The zero-order valence-electron chi connectivity index (χ0n) is 8.56. The minimum atomic E-state index is -2.68. The molecule has 0 spiro atoms. The number of nitrogens with zero attached hydrogens (tertiary/aromatic N) is 3. The molecule has 2 N–H and O–H groups in total. The van der Waals surface area contributed by atoms with Crippen molar-refractivity contribution in [2.24, 2.45) is 0 Å². The number of hydrogen-bond donors (Lipinski definition) is 1. The van der Waals surface area contributed by atoms with Crippen LogP contribution >= 0.6 is 0 Å². The third kappa shape index (κ3) is 1.73. The van der Waals surface area contributed by atoms with E-state index in [4.69, 9.17) is 5.73 Å². The predicted octanol–water partition coefficient (Wildman–Crippen LogP) is 2.10. The Hall–Kier alpha value is -1.98. The molecule has 0 saturated heterocycles. The van der Waals surface area contributed by atoms with Crippen molar-refractivity contribution >= 4 is 5.69 Å². The molecule has 2 aromatic heterocycles. The van der Waals surface area contributed by atoms with Crippen LogP contribution in [0.3, 0.4) is 0 Å². The molecule has 0 atom stereocenters. The largest absolute Gasteiger partial charge is 0.396 e. The van der Waals surface area contributed by atoms with E-state index in [9.17, 15) is 8.78 Å². The number of aromatic nitrogens is 3. The summed E-state index contributed by atoms with van der Waals surface area (Å²) in [4.78, 5) is 3.98. The van der Waals surface area contributed by atoms with E-state index in [1.165, 1.54) is 12.4 Å². The summed E-state index contributed by atoms with van der Waals surface area (Å²) in [6.07, 6.45) is 0.0633. The molecule has 0 bridgehead atoms. The first-order valence-corrected chi connectivity index (χ1v) is 4.64. The molecule has 0 aliphatic carbocycles. The first-order chi connectivity index (χ1) is 7.59. The van der Waals surface area contributed by atoms with Gasteiger partial charge in [0, 0.05) is 6.20 Å². The van der Waals surface area contributed by atoms with Gasteiger partial charge in [0.1, 0.15) is 5.69 Å². The average Bonchev–Trinajstić information content (AvgIpc) is 2.60. The summed E-state index contributed by atoms with van der Waals surface area (Å²) >= 11 is 0. The monoisotopic (exact) mass is 224 g/mol. The Labute approximate surface area is 90.7 Å². The number of pyridine rings is 1. The van der Waals surface area contributed by atoms with Crippen LogP contribution < -0.4 is 5.73 Å². The van der Waals surface area contributed by atoms with Gasteiger partial charge < -0.3 is 5.73 Å². The van der Waals surface area contributed by atoms with Crippen LogP contribution in [-0.4, -0.2) is 14.8 Å². The smallest absolute Gasteiger partial charge is 0.282 e. The predicted molar refractivity (Wildman–Crippen MR) is 55.5 cm³/mol. The van der Waals surface area contributed by atoms with E-state index in [-0.39, 0.29) is 11.4 Å². The maximum Gasteiger partial charge on any atom is 0.282 e. The topological polar surface area (TPSA) is 56.7 Å². The lowest BCUT2D eigenvalue weighted by Gasteiger charge is -2.06. The Morgan fingerprint density at radius 2 is 2.19 bits per heavy atom. The van der Waals surface area contributed by atoms with Crippen LogP contribution in [0.5, 0.6) is 0 Å². The average molecular weight is 224 g/mol. The van der Waals surface area contributed by atoms with Gasteiger partial charge in [-0.25, -0.2) is 18.4 Å². The van der Waals surface area contributed by atoms with Gasteiger partial charge in [-0.1, -0.05) is 0 Å². The van der Waals surface area contributed by atoms with Gasteiger partial charge in [-0.3, -0.25) is 0 Å². The fraction of sp³-hybridized carbons (Fsp3) is 0.200. The van der Waals surface area contributed by atoms with Crippen molar-refractivity contribution in [2.75, 3.05) is 5.73 Å². The standard InChI is InChI=1S/C10H10F2N4/c1-6-2-3-14-8(4-6)16-9(10(11)12)7(13)5-15-16/h2-5,10H,13H2,1H3.